The fraction of sp³-hybridized carbons (Fsp3) is 0.281. The largest absolute Gasteiger partial charge is 0.496 e. The summed E-state index contributed by atoms with van der Waals surface area (Å²) in [6.45, 7) is 2.01. The number of hydrogen-bond donors (Lipinski definition) is 2. The summed E-state index contributed by atoms with van der Waals surface area (Å²) in [6, 6.07) is 19.7. The Morgan fingerprint density at radius 3 is 2.26 bits per heavy atom. The zero-order chi connectivity index (χ0) is 27.7. The van der Waals surface area contributed by atoms with Gasteiger partial charge >= 0.3 is 0 Å². The third kappa shape index (κ3) is 5.01. The molecule has 0 radical (unpaired) electrons. The number of fused-ring (bicyclic) bond motifs is 1. The highest BCUT2D eigenvalue weighted by Crippen LogP contribution is 2.48. The Morgan fingerprint density at radius 1 is 0.872 bits per heavy atom. The lowest BCUT2D eigenvalue weighted by Crippen LogP contribution is -2.07. The van der Waals surface area contributed by atoms with E-state index in [4.69, 9.17) is 32.7 Å². The zero-order valence-electron chi connectivity index (χ0n) is 22.2. The molecule has 0 fully saturated rings. The minimum absolute atomic E-state index is 0.0434. The Bertz CT molecular complexity index is 1520. The standard InChI is InChI=1S/C32H31Cl2NO4/c1-18(22-12-10-19-14-21(17-37)29(38-2)15-27(19)22)23-6-4-7-24(30(23)33)25-8-5-9-26(31(25)34)28-13-11-20(16-36)32(35-28)39-3/h4-9,11,13-15,18,22,36-37H,10,12,16-17H2,1-3H3. The third-order valence-corrected chi connectivity index (χ3v) is 8.66. The number of methoxy groups -OCH3 is 2. The van der Waals surface area contributed by atoms with Crippen molar-refractivity contribution in [2.75, 3.05) is 14.2 Å². The van der Waals surface area contributed by atoms with Gasteiger partial charge in [-0.15, -0.1) is 0 Å². The van der Waals surface area contributed by atoms with Crippen molar-refractivity contribution in [2.45, 2.75) is 44.8 Å². The van der Waals surface area contributed by atoms with Gasteiger partial charge in [0, 0.05) is 27.8 Å². The summed E-state index contributed by atoms with van der Waals surface area (Å²) in [5.41, 5.74) is 8.08. The SMILES string of the molecule is COc1cc2c(cc1CO)CCC2C(C)c1cccc(-c2cccc(-c3ccc(CO)c(OC)n3)c2Cl)c1Cl. The topological polar surface area (TPSA) is 71.8 Å². The van der Waals surface area contributed by atoms with Gasteiger partial charge in [-0.3, -0.25) is 0 Å². The van der Waals surface area contributed by atoms with Gasteiger partial charge in [0.1, 0.15) is 5.75 Å². The Labute approximate surface area is 239 Å². The predicted molar refractivity (Wildman–Crippen MR) is 156 cm³/mol. The average Bonchev–Trinajstić information content (AvgIpc) is 3.39. The first kappa shape index (κ1) is 27.5. The maximum atomic E-state index is 9.75. The van der Waals surface area contributed by atoms with Crippen molar-refractivity contribution >= 4 is 23.2 Å². The van der Waals surface area contributed by atoms with E-state index >= 15 is 0 Å². The van der Waals surface area contributed by atoms with Gasteiger partial charge in [0.25, 0.3) is 0 Å². The molecule has 1 aliphatic carbocycles. The minimum atomic E-state index is -0.161. The second kappa shape index (κ2) is 11.6. The number of aliphatic hydroxyl groups excluding tert-OH is 2. The van der Waals surface area contributed by atoms with E-state index in [0.717, 1.165) is 46.4 Å². The quantitative estimate of drug-likeness (QED) is 0.231. The molecule has 4 aromatic rings. The number of hydrogen-bond acceptors (Lipinski definition) is 5. The molecule has 5 nitrogen and oxygen atoms in total. The van der Waals surface area contributed by atoms with E-state index in [-0.39, 0.29) is 25.0 Å². The molecule has 7 heteroatoms. The van der Waals surface area contributed by atoms with Crippen LogP contribution in [0.1, 0.15) is 53.0 Å². The zero-order valence-corrected chi connectivity index (χ0v) is 23.7. The van der Waals surface area contributed by atoms with Gasteiger partial charge in [0.05, 0.1) is 43.2 Å². The van der Waals surface area contributed by atoms with Crippen molar-refractivity contribution in [1.82, 2.24) is 4.98 Å². The Hall–Kier alpha value is -3.09. The van der Waals surface area contributed by atoms with E-state index in [0.29, 0.717) is 27.2 Å². The molecule has 0 aliphatic heterocycles. The summed E-state index contributed by atoms with van der Waals surface area (Å²) in [7, 11) is 3.17. The normalized spacial score (nSPS) is 15.2. The first-order valence-electron chi connectivity index (χ1n) is 12.9. The molecule has 0 saturated carbocycles. The van der Waals surface area contributed by atoms with E-state index in [1.807, 2.05) is 36.4 Å². The number of ether oxygens (including phenoxy) is 2. The maximum Gasteiger partial charge on any atom is 0.219 e. The fourth-order valence-electron chi connectivity index (χ4n) is 5.73. The van der Waals surface area contributed by atoms with Crippen molar-refractivity contribution in [3.63, 3.8) is 0 Å². The Balaban J connectivity index is 1.53. The van der Waals surface area contributed by atoms with Gasteiger partial charge in [0.2, 0.25) is 5.88 Å². The molecule has 2 unspecified atom stereocenters. The number of aryl methyl sites for hydroxylation is 1. The second-order valence-electron chi connectivity index (χ2n) is 9.85. The van der Waals surface area contributed by atoms with Gasteiger partial charge in [-0.05, 0) is 65.6 Å². The Morgan fingerprint density at radius 2 is 1.56 bits per heavy atom. The first-order chi connectivity index (χ1) is 18.9. The van der Waals surface area contributed by atoms with Crippen LogP contribution < -0.4 is 9.47 Å². The second-order valence-corrected chi connectivity index (χ2v) is 10.6. The van der Waals surface area contributed by atoms with Gasteiger partial charge in [-0.1, -0.05) is 66.5 Å². The van der Waals surface area contributed by atoms with Crippen molar-refractivity contribution in [3.05, 3.63) is 98.5 Å². The van der Waals surface area contributed by atoms with Gasteiger partial charge < -0.3 is 19.7 Å². The van der Waals surface area contributed by atoms with Crippen LogP contribution in [0.5, 0.6) is 11.6 Å². The van der Waals surface area contributed by atoms with E-state index < -0.39 is 0 Å². The van der Waals surface area contributed by atoms with E-state index in [9.17, 15) is 10.2 Å². The number of aliphatic hydroxyl groups is 2. The van der Waals surface area contributed by atoms with Crippen molar-refractivity contribution in [3.8, 4) is 34.0 Å². The van der Waals surface area contributed by atoms with E-state index in [1.165, 1.54) is 18.2 Å². The van der Waals surface area contributed by atoms with Crippen molar-refractivity contribution in [2.24, 2.45) is 0 Å². The average molecular weight is 565 g/mol. The summed E-state index contributed by atoms with van der Waals surface area (Å²) >= 11 is 14.1. The van der Waals surface area contributed by atoms with Crippen molar-refractivity contribution < 1.29 is 19.7 Å². The van der Waals surface area contributed by atoms with Crippen LogP contribution in [0.3, 0.4) is 0 Å². The molecule has 2 atom stereocenters. The lowest BCUT2D eigenvalue weighted by molar-refractivity contribution is 0.271. The molecule has 39 heavy (non-hydrogen) atoms. The molecule has 1 aliphatic rings. The summed E-state index contributed by atoms with van der Waals surface area (Å²) < 4.78 is 10.9. The summed E-state index contributed by atoms with van der Waals surface area (Å²) in [5.74, 6) is 1.51. The molecule has 3 aromatic carbocycles. The Kier molecular flexibility index (Phi) is 8.15. The molecule has 0 saturated heterocycles. The lowest BCUT2D eigenvalue weighted by Gasteiger charge is -2.24. The number of rotatable bonds is 8. The molecule has 2 N–H and O–H groups in total. The number of halogens is 2. The molecule has 0 amide bonds. The highest BCUT2D eigenvalue weighted by Gasteiger charge is 2.31. The monoisotopic (exact) mass is 563 g/mol. The molecule has 0 spiro atoms. The van der Waals surface area contributed by atoms with E-state index in [2.05, 4.69) is 30.1 Å². The predicted octanol–water partition coefficient (Wildman–Crippen LogP) is 7.56. The van der Waals surface area contributed by atoms with E-state index in [1.54, 1.807) is 13.2 Å². The number of benzene rings is 3. The lowest BCUT2D eigenvalue weighted by atomic mass is 9.82. The highest BCUT2D eigenvalue weighted by atomic mass is 35.5. The molecule has 5 rings (SSSR count). The summed E-state index contributed by atoms with van der Waals surface area (Å²) in [4.78, 5) is 4.57. The van der Waals surface area contributed by atoms with Gasteiger partial charge in [-0.2, -0.15) is 0 Å². The smallest absolute Gasteiger partial charge is 0.219 e. The van der Waals surface area contributed by atoms with Crippen LogP contribution in [0.2, 0.25) is 10.0 Å². The molecular formula is C32H31Cl2NO4. The first-order valence-corrected chi connectivity index (χ1v) is 13.7. The molecule has 1 heterocycles. The molecule has 1 aromatic heterocycles. The van der Waals surface area contributed by atoms with Crippen LogP contribution in [0.4, 0.5) is 0 Å². The minimum Gasteiger partial charge on any atom is -0.496 e. The van der Waals surface area contributed by atoms with Crippen LogP contribution in [0, 0.1) is 0 Å². The van der Waals surface area contributed by atoms with Crippen LogP contribution in [0.25, 0.3) is 22.4 Å². The third-order valence-electron chi connectivity index (χ3n) is 7.83. The summed E-state index contributed by atoms with van der Waals surface area (Å²) in [5, 5.41) is 20.5. The molecular weight excluding hydrogens is 533 g/mol. The highest BCUT2D eigenvalue weighted by molar-refractivity contribution is 6.38. The molecule has 0 bridgehead atoms. The van der Waals surface area contributed by atoms with Crippen LogP contribution >= 0.6 is 23.2 Å². The number of pyridine rings is 1. The number of aromatic nitrogens is 1. The summed E-state index contributed by atoms with van der Waals surface area (Å²) in [6.07, 6.45) is 1.96. The maximum absolute atomic E-state index is 9.75. The van der Waals surface area contributed by atoms with Crippen LogP contribution in [-0.2, 0) is 19.6 Å². The fourth-order valence-corrected chi connectivity index (χ4v) is 6.46. The van der Waals surface area contributed by atoms with Crippen molar-refractivity contribution in [1.29, 1.82) is 0 Å². The van der Waals surface area contributed by atoms with Gasteiger partial charge in [0.15, 0.2) is 0 Å². The molecule has 202 valence electrons. The van der Waals surface area contributed by atoms with Gasteiger partial charge in [-0.25, -0.2) is 4.98 Å². The number of nitrogens with zero attached hydrogens (tertiary/aromatic N) is 1. The van der Waals surface area contributed by atoms with Crippen LogP contribution in [-0.4, -0.2) is 29.4 Å². The van der Waals surface area contributed by atoms with Crippen LogP contribution in [0.15, 0.2) is 60.7 Å².